The summed E-state index contributed by atoms with van der Waals surface area (Å²) in [6.07, 6.45) is 2.21. The van der Waals surface area contributed by atoms with Gasteiger partial charge >= 0.3 is 0 Å². The lowest BCUT2D eigenvalue weighted by molar-refractivity contribution is 0.178. The summed E-state index contributed by atoms with van der Waals surface area (Å²) in [6, 6.07) is 7.01. The third kappa shape index (κ3) is 3.06. The number of fused-ring (bicyclic) bond motifs is 1. The van der Waals surface area contributed by atoms with Crippen molar-refractivity contribution in [2.45, 2.75) is 24.9 Å². The van der Waals surface area contributed by atoms with Crippen LogP contribution in [0.25, 0.3) is 0 Å². The van der Waals surface area contributed by atoms with Gasteiger partial charge in [0.1, 0.15) is 5.75 Å². The fraction of sp³-hybridized carbons (Fsp3) is 0.625. The summed E-state index contributed by atoms with van der Waals surface area (Å²) < 4.78 is 5.60. The Morgan fingerprint density at radius 3 is 3.00 bits per heavy atom. The predicted octanol–water partition coefficient (Wildman–Crippen LogP) is 0.762. The Bertz CT molecular complexity index is 493. The Balaban J connectivity index is 1.86. The highest BCUT2D eigenvalue weighted by Crippen LogP contribution is 2.30. The van der Waals surface area contributed by atoms with Crippen molar-refractivity contribution in [3.05, 3.63) is 29.3 Å². The highest BCUT2D eigenvalue weighted by molar-refractivity contribution is 5.41. The molecular formula is C16H26N4O. The molecule has 2 heterocycles. The van der Waals surface area contributed by atoms with E-state index in [1.54, 1.807) is 0 Å². The van der Waals surface area contributed by atoms with Crippen molar-refractivity contribution in [1.82, 2.24) is 15.2 Å². The minimum atomic E-state index is 0.140. The third-order valence-corrected chi connectivity index (χ3v) is 4.75. The van der Waals surface area contributed by atoms with Gasteiger partial charge < -0.3 is 14.5 Å². The maximum absolute atomic E-state index is 5.91. The van der Waals surface area contributed by atoms with E-state index in [1.165, 1.54) is 17.5 Å². The number of hydrazine groups is 1. The van der Waals surface area contributed by atoms with Gasteiger partial charge in [0.05, 0.1) is 12.6 Å². The molecule has 2 aliphatic rings. The Morgan fingerprint density at radius 1 is 1.33 bits per heavy atom. The molecule has 2 unspecified atom stereocenters. The summed E-state index contributed by atoms with van der Waals surface area (Å²) in [4.78, 5) is 4.83. The van der Waals surface area contributed by atoms with Gasteiger partial charge in [-0.2, -0.15) is 0 Å². The molecule has 1 aromatic carbocycles. The zero-order chi connectivity index (χ0) is 14.8. The van der Waals surface area contributed by atoms with Crippen LogP contribution in [0.5, 0.6) is 5.75 Å². The lowest BCUT2D eigenvalue weighted by Gasteiger charge is -2.34. The van der Waals surface area contributed by atoms with Crippen LogP contribution >= 0.6 is 0 Å². The molecule has 5 nitrogen and oxygen atoms in total. The van der Waals surface area contributed by atoms with Gasteiger partial charge in [0.25, 0.3) is 0 Å². The van der Waals surface area contributed by atoms with Crippen molar-refractivity contribution in [3.8, 4) is 5.75 Å². The molecule has 3 N–H and O–H groups in total. The average Bonchev–Trinajstić information content (AvgIpc) is 2.87. The second-order valence-electron chi connectivity index (χ2n) is 6.27. The first kappa shape index (κ1) is 14.8. The first-order valence-electron chi connectivity index (χ1n) is 7.79. The minimum Gasteiger partial charge on any atom is -0.493 e. The van der Waals surface area contributed by atoms with Crippen molar-refractivity contribution in [3.63, 3.8) is 0 Å². The van der Waals surface area contributed by atoms with Crippen LogP contribution in [-0.4, -0.2) is 56.2 Å². The normalized spacial score (nSPS) is 25.2. The summed E-state index contributed by atoms with van der Waals surface area (Å²) in [6.45, 7) is 4.09. The van der Waals surface area contributed by atoms with Crippen molar-refractivity contribution in [2.24, 2.45) is 5.84 Å². The molecule has 1 aromatic rings. The smallest absolute Gasteiger partial charge is 0.122 e. The van der Waals surface area contributed by atoms with E-state index in [-0.39, 0.29) is 6.04 Å². The predicted molar refractivity (Wildman–Crippen MR) is 84.2 cm³/mol. The number of nitrogens with two attached hydrogens (primary N) is 1. The molecule has 0 aromatic heterocycles. The number of nitrogens with zero attached hydrogens (tertiary/aromatic N) is 2. The fourth-order valence-electron chi connectivity index (χ4n) is 3.50. The molecule has 0 radical (unpaired) electrons. The van der Waals surface area contributed by atoms with Crippen molar-refractivity contribution in [1.29, 1.82) is 0 Å². The summed E-state index contributed by atoms with van der Waals surface area (Å²) in [5.41, 5.74) is 5.61. The molecule has 2 aliphatic heterocycles. The second-order valence-corrected chi connectivity index (χ2v) is 6.27. The van der Waals surface area contributed by atoms with E-state index in [1.807, 2.05) is 0 Å². The quantitative estimate of drug-likeness (QED) is 0.636. The van der Waals surface area contributed by atoms with Gasteiger partial charge in [0.2, 0.25) is 0 Å². The molecule has 116 valence electrons. The maximum Gasteiger partial charge on any atom is 0.122 e. The largest absolute Gasteiger partial charge is 0.493 e. The number of rotatable bonds is 3. The molecule has 0 bridgehead atoms. The Kier molecular flexibility index (Phi) is 4.45. The second kappa shape index (κ2) is 6.32. The van der Waals surface area contributed by atoms with Crippen molar-refractivity contribution >= 4 is 0 Å². The molecule has 1 fully saturated rings. The highest BCUT2D eigenvalue weighted by Gasteiger charge is 2.29. The topological polar surface area (TPSA) is 53.8 Å². The lowest BCUT2D eigenvalue weighted by Crippen LogP contribution is -2.48. The van der Waals surface area contributed by atoms with Gasteiger partial charge in [-0.15, -0.1) is 0 Å². The molecule has 0 saturated carbocycles. The number of ether oxygens (including phenoxy) is 1. The molecule has 5 heteroatoms. The summed E-state index contributed by atoms with van der Waals surface area (Å²) in [5, 5.41) is 0. The number of benzene rings is 1. The van der Waals surface area contributed by atoms with Crippen LogP contribution in [0.3, 0.4) is 0 Å². The van der Waals surface area contributed by atoms with Crippen LogP contribution in [0.4, 0.5) is 0 Å². The SMILES string of the molecule is CN1CCCN(C)C(C(NN)c2ccc3c(c2)CCO3)C1. The van der Waals surface area contributed by atoms with Gasteiger partial charge in [0.15, 0.2) is 0 Å². The first-order chi connectivity index (χ1) is 10.2. The molecule has 3 rings (SSSR count). The van der Waals surface area contributed by atoms with Crippen LogP contribution in [0, 0.1) is 0 Å². The Labute approximate surface area is 127 Å². The van der Waals surface area contributed by atoms with Gasteiger partial charge in [0, 0.05) is 19.0 Å². The van der Waals surface area contributed by atoms with Crippen LogP contribution in [0.1, 0.15) is 23.6 Å². The number of hydrogen-bond donors (Lipinski definition) is 2. The third-order valence-electron chi connectivity index (χ3n) is 4.75. The molecular weight excluding hydrogens is 264 g/mol. The maximum atomic E-state index is 5.91. The molecule has 1 saturated heterocycles. The van der Waals surface area contributed by atoms with E-state index < -0.39 is 0 Å². The lowest BCUT2D eigenvalue weighted by atomic mass is 9.96. The molecule has 0 spiro atoms. The van der Waals surface area contributed by atoms with E-state index in [4.69, 9.17) is 10.6 Å². The first-order valence-corrected chi connectivity index (χ1v) is 7.79. The Morgan fingerprint density at radius 2 is 2.19 bits per heavy atom. The molecule has 2 atom stereocenters. The average molecular weight is 290 g/mol. The van der Waals surface area contributed by atoms with E-state index in [0.29, 0.717) is 6.04 Å². The van der Waals surface area contributed by atoms with Crippen LogP contribution in [0.15, 0.2) is 18.2 Å². The number of nitrogens with one attached hydrogen (secondary N) is 1. The molecule has 0 amide bonds. The Hall–Kier alpha value is -1.14. The van der Waals surface area contributed by atoms with Crippen LogP contribution < -0.4 is 16.0 Å². The standard InChI is InChI=1S/C16H26N4O/c1-19-7-3-8-20(2)14(11-19)16(18-17)13-4-5-15-12(10-13)6-9-21-15/h4-5,10,14,16,18H,3,6-9,11,17H2,1-2H3. The zero-order valence-electron chi connectivity index (χ0n) is 13.0. The van der Waals surface area contributed by atoms with E-state index in [9.17, 15) is 0 Å². The van der Waals surface area contributed by atoms with Gasteiger partial charge in [-0.25, -0.2) is 0 Å². The molecule has 0 aliphatic carbocycles. The van der Waals surface area contributed by atoms with Crippen LogP contribution in [-0.2, 0) is 6.42 Å². The van der Waals surface area contributed by atoms with Gasteiger partial charge in [-0.3, -0.25) is 11.3 Å². The van der Waals surface area contributed by atoms with E-state index in [2.05, 4.69) is 47.5 Å². The van der Waals surface area contributed by atoms with Crippen molar-refractivity contribution in [2.75, 3.05) is 40.3 Å². The summed E-state index contributed by atoms with van der Waals surface area (Å²) in [5.74, 6) is 6.94. The highest BCUT2D eigenvalue weighted by atomic mass is 16.5. The van der Waals surface area contributed by atoms with E-state index >= 15 is 0 Å². The van der Waals surface area contributed by atoms with E-state index in [0.717, 1.165) is 38.4 Å². The summed E-state index contributed by atoms with van der Waals surface area (Å²) >= 11 is 0. The number of likely N-dealkylation sites (N-methyl/N-ethyl adjacent to an activating group) is 2. The van der Waals surface area contributed by atoms with Gasteiger partial charge in [-0.1, -0.05) is 12.1 Å². The van der Waals surface area contributed by atoms with Crippen molar-refractivity contribution < 1.29 is 4.74 Å². The van der Waals surface area contributed by atoms with Crippen LogP contribution in [0.2, 0.25) is 0 Å². The summed E-state index contributed by atoms with van der Waals surface area (Å²) in [7, 11) is 4.39. The fourth-order valence-corrected chi connectivity index (χ4v) is 3.50. The minimum absolute atomic E-state index is 0.140. The van der Waals surface area contributed by atoms with Gasteiger partial charge in [-0.05, 0) is 50.8 Å². The molecule has 21 heavy (non-hydrogen) atoms. The number of hydrogen-bond acceptors (Lipinski definition) is 5. The zero-order valence-corrected chi connectivity index (χ0v) is 13.0. The monoisotopic (exact) mass is 290 g/mol.